The first kappa shape index (κ1) is 27.9. The number of carbonyl (C=O) groups is 3. The molecule has 2 aliphatic rings. The van der Waals surface area contributed by atoms with Gasteiger partial charge in [-0.05, 0) is 74.8 Å². The Morgan fingerprint density at radius 3 is 2.63 bits per heavy atom. The van der Waals surface area contributed by atoms with Crippen molar-refractivity contribution in [2.24, 2.45) is 11.8 Å². The Balaban J connectivity index is 1.33. The summed E-state index contributed by atoms with van der Waals surface area (Å²) in [4.78, 5) is 36.7. The minimum absolute atomic E-state index is 0.0924. The Hall–Kier alpha value is -3.10. The highest BCUT2D eigenvalue weighted by Crippen LogP contribution is 2.32. The van der Waals surface area contributed by atoms with E-state index in [4.69, 9.17) is 16.3 Å². The van der Waals surface area contributed by atoms with E-state index in [0.717, 1.165) is 36.8 Å². The van der Waals surface area contributed by atoms with Gasteiger partial charge in [-0.3, -0.25) is 9.59 Å². The molecule has 1 heterocycles. The number of ether oxygens (including phenoxy) is 1. The van der Waals surface area contributed by atoms with Gasteiger partial charge in [-0.2, -0.15) is 0 Å². The Morgan fingerprint density at radius 2 is 1.92 bits per heavy atom. The summed E-state index contributed by atoms with van der Waals surface area (Å²) in [6.45, 7) is 0.935. The highest BCUT2D eigenvalue weighted by molar-refractivity contribution is 6.30. The van der Waals surface area contributed by atoms with Crippen molar-refractivity contribution in [3.05, 3.63) is 70.7 Å². The Bertz CT molecular complexity index is 1100. The number of alkyl carbamates (subject to hydrolysis) is 1. The van der Waals surface area contributed by atoms with Crippen molar-refractivity contribution in [1.82, 2.24) is 16.0 Å². The predicted molar refractivity (Wildman–Crippen MR) is 145 cm³/mol. The number of nitrogens with one attached hydrogen (secondary N) is 3. The first-order chi connectivity index (χ1) is 18.4. The summed E-state index contributed by atoms with van der Waals surface area (Å²) in [6, 6.07) is 16.2. The molecule has 2 aromatic carbocycles. The van der Waals surface area contributed by atoms with Crippen molar-refractivity contribution in [3.8, 4) is 0 Å². The number of hydrogen-bond donors (Lipinski definition) is 4. The fraction of sp³-hybridized carbons (Fsp3) is 0.483. The molecule has 1 saturated heterocycles. The van der Waals surface area contributed by atoms with Crippen molar-refractivity contribution < 1.29 is 24.2 Å². The van der Waals surface area contributed by atoms with Gasteiger partial charge >= 0.3 is 12.1 Å². The van der Waals surface area contributed by atoms with Gasteiger partial charge in [0.1, 0.15) is 12.1 Å². The van der Waals surface area contributed by atoms with Crippen LogP contribution < -0.4 is 16.0 Å². The molecule has 3 unspecified atom stereocenters. The van der Waals surface area contributed by atoms with Crippen LogP contribution in [0.5, 0.6) is 0 Å². The van der Waals surface area contributed by atoms with E-state index >= 15 is 0 Å². The number of halogens is 1. The molecule has 1 saturated carbocycles. The third kappa shape index (κ3) is 7.95. The topological polar surface area (TPSA) is 117 Å². The molecular formula is C29H36ClN3O5. The molecule has 4 N–H and O–H groups in total. The number of carboxylic acid groups (broad SMARTS) is 1. The molecule has 0 spiro atoms. The number of benzene rings is 2. The van der Waals surface area contributed by atoms with Gasteiger partial charge in [-0.25, -0.2) is 4.79 Å². The monoisotopic (exact) mass is 541 g/mol. The fourth-order valence-electron chi connectivity index (χ4n) is 5.51. The van der Waals surface area contributed by atoms with Crippen molar-refractivity contribution in [2.75, 3.05) is 13.1 Å². The van der Waals surface area contributed by atoms with Crippen LogP contribution in [0.15, 0.2) is 54.6 Å². The zero-order valence-corrected chi connectivity index (χ0v) is 22.2. The van der Waals surface area contributed by atoms with Gasteiger partial charge in [0, 0.05) is 23.4 Å². The second-order valence-corrected chi connectivity index (χ2v) is 10.7. The lowest BCUT2D eigenvalue weighted by molar-refractivity contribution is -0.140. The van der Waals surface area contributed by atoms with Crippen molar-refractivity contribution in [1.29, 1.82) is 0 Å². The summed E-state index contributed by atoms with van der Waals surface area (Å²) in [5.41, 5.74) is 2.05. The number of rotatable bonds is 12. The van der Waals surface area contributed by atoms with Gasteiger partial charge in [0.2, 0.25) is 5.91 Å². The summed E-state index contributed by atoms with van der Waals surface area (Å²) in [5, 5.41) is 19.2. The highest BCUT2D eigenvalue weighted by Gasteiger charge is 2.32. The standard InChI is InChI=1S/C29H36ClN3O5/c30-23-10-4-6-19(17-23)16-21-9-5-11-26(21)38-29(37)33-24(20-7-2-1-3-8-20)13-15-31-25(28(35)36)18-22-12-14-32-27(22)34/h1-4,6-8,10,17,21-22,24-26,31H,5,9,11-16,18H2,(H,32,34)(H,33,37)(H,35,36)/t21?,22-,24?,25-,26?/m0/s1. The Labute approximate surface area is 228 Å². The second kappa shape index (κ2) is 13.6. The van der Waals surface area contributed by atoms with Gasteiger partial charge in [-0.15, -0.1) is 0 Å². The minimum Gasteiger partial charge on any atom is -0.480 e. The van der Waals surface area contributed by atoms with E-state index in [9.17, 15) is 19.5 Å². The maximum Gasteiger partial charge on any atom is 0.407 e. The smallest absolute Gasteiger partial charge is 0.407 e. The molecule has 5 atom stereocenters. The molecule has 38 heavy (non-hydrogen) atoms. The number of aliphatic carboxylic acids is 1. The van der Waals surface area contributed by atoms with Crippen LogP contribution in [0.1, 0.15) is 55.7 Å². The quantitative estimate of drug-likeness (QED) is 0.315. The largest absolute Gasteiger partial charge is 0.480 e. The van der Waals surface area contributed by atoms with Gasteiger partial charge in [0.05, 0.1) is 6.04 Å². The number of carbonyl (C=O) groups excluding carboxylic acids is 2. The lowest BCUT2D eigenvalue weighted by Gasteiger charge is -2.24. The molecule has 1 aliphatic carbocycles. The van der Waals surface area contributed by atoms with Gasteiger partial charge in [0.25, 0.3) is 0 Å². The summed E-state index contributed by atoms with van der Waals surface area (Å²) in [6.07, 6.45) is 4.34. The molecule has 9 heteroatoms. The van der Waals surface area contributed by atoms with Crippen LogP contribution in [0, 0.1) is 11.8 Å². The zero-order valence-electron chi connectivity index (χ0n) is 21.4. The normalized spacial score (nSPS) is 22.4. The van der Waals surface area contributed by atoms with E-state index in [0.29, 0.717) is 31.0 Å². The Morgan fingerprint density at radius 1 is 1.11 bits per heavy atom. The molecule has 4 rings (SSSR count). The van der Waals surface area contributed by atoms with Gasteiger partial charge in [-0.1, -0.05) is 54.1 Å². The molecule has 2 aromatic rings. The summed E-state index contributed by atoms with van der Waals surface area (Å²) < 4.78 is 5.90. The van der Waals surface area contributed by atoms with Gasteiger partial charge < -0.3 is 25.8 Å². The van der Waals surface area contributed by atoms with Crippen LogP contribution in [0.2, 0.25) is 5.02 Å². The van der Waals surface area contributed by atoms with E-state index in [1.165, 1.54) is 0 Å². The average Bonchev–Trinajstić information content (AvgIpc) is 3.51. The van der Waals surface area contributed by atoms with Crippen LogP contribution in [0.3, 0.4) is 0 Å². The lowest BCUT2D eigenvalue weighted by atomic mass is 9.96. The summed E-state index contributed by atoms with van der Waals surface area (Å²) >= 11 is 6.14. The predicted octanol–water partition coefficient (Wildman–Crippen LogP) is 4.48. The van der Waals surface area contributed by atoms with E-state index in [2.05, 4.69) is 16.0 Å². The highest BCUT2D eigenvalue weighted by atomic mass is 35.5. The second-order valence-electron chi connectivity index (χ2n) is 10.2. The average molecular weight is 542 g/mol. The van der Waals surface area contributed by atoms with Crippen LogP contribution in [0.4, 0.5) is 4.79 Å². The van der Waals surface area contributed by atoms with Crippen LogP contribution >= 0.6 is 11.6 Å². The molecule has 204 valence electrons. The Kier molecular flexibility index (Phi) is 10.0. The summed E-state index contributed by atoms with van der Waals surface area (Å²) in [5.74, 6) is -1.14. The lowest BCUT2D eigenvalue weighted by Crippen LogP contribution is -2.41. The first-order valence-corrected chi connectivity index (χ1v) is 13.8. The molecule has 0 radical (unpaired) electrons. The minimum atomic E-state index is -0.986. The van der Waals surface area contributed by atoms with Crippen molar-refractivity contribution >= 4 is 29.6 Å². The van der Waals surface area contributed by atoms with E-state index < -0.39 is 18.1 Å². The van der Waals surface area contributed by atoms with E-state index in [1.807, 2.05) is 54.6 Å². The summed E-state index contributed by atoms with van der Waals surface area (Å²) in [7, 11) is 0. The van der Waals surface area contributed by atoms with Crippen molar-refractivity contribution in [2.45, 2.75) is 63.1 Å². The van der Waals surface area contributed by atoms with Crippen LogP contribution in [-0.4, -0.2) is 48.3 Å². The molecule has 0 bridgehead atoms. The van der Waals surface area contributed by atoms with Crippen LogP contribution in [-0.2, 0) is 20.7 Å². The third-order valence-corrected chi connectivity index (χ3v) is 7.77. The molecular weight excluding hydrogens is 506 g/mol. The number of carboxylic acids is 1. The molecule has 8 nitrogen and oxygen atoms in total. The third-order valence-electron chi connectivity index (χ3n) is 7.53. The maximum absolute atomic E-state index is 13.0. The fourth-order valence-corrected chi connectivity index (χ4v) is 5.72. The number of hydrogen-bond acceptors (Lipinski definition) is 5. The van der Waals surface area contributed by atoms with E-state index in [1.54, 1.807) is 0 Å². The molecule has 1 aliphatic heterocycles. The van der Waals surface area contributed by atoms with Crippen molar-refractivity contribution in [3.63, 3.8) is 0 Å². The zero-order chi connectivity index (χ0) is 26.9. The number of amides is 2. The molecule has 2 amide bonds. The molecule has 0 aromatic heterocycles. The molecule has 2 fully saturated rings. The van der Waals surface area contributed by atoms with Crippen LogP contribution in [0.25, 0.3) is 0 Å². The van der Waals surface area contributed by atoms with Gasteiger partial charge in [0.15, 0.2) is 0 Å². The SMILES string of the molecule is O=C(NC(CCN[C@@H](C[C@@H]1CCNC1=O)C(=O)O)c1ccccc1)OC1CCCC1Cc1cccc(Cl)c1. The first-order valence-electron chi connectivity index (χ1n) is 13.4. The van der Waals surface area contributed by atoms with E-state index in [-0.39, 0.29) is 36.3 Å². The maximum atomic E-state index is 13.0.